The van der Waals surface area contributed by atoms with Gasteiger partial charge in [-0.1, -0.05) is 30.3 Å². The predicted octanol–water partition coefficient (Wildman–Crippen LogP) is 1.59. The molecule has 8 nitrogen and oxygen atoms in total. The highest BCUT2D eigenvalue weighted by Gasteiger charge is 2.33. The van der Waals surface area contributed by atoms with Crippen LogP contribution >= 0.6 is 0 Å². The lowest BCUT2D eigenvalue weighted by molar-refractivity contribution is 0.0624. The minimum atomic E-state index is -0.174. The number of aromatic amines is 1. The van der Waals surface area contributed by atoms with Crippen molar-refractivity contribution in [3.8, 4) is 11.4 Å². The molecule has 0 aliphatic carbocycles. The SMILES string of the molecule is Cc1n[nH]nc1C(=O)N1CCn2nc(-c3ccccc3)nc2[C@@H]1C. The fourth-order valence-electron chi connectivity index (χ4n) is 2.97. The summed E-state index contributed by atoms with van der Waals surface area (Å²) in [5, 5.41) is 15.0. The molecule has 3 aromatic rings. The summed E-state index contributed by atoms with van der Waals surface area (Å²) in [5.74, 6) is 1.34. The molecule has 0 unspecified atom stereocenters. The second-order valence-corrected chi connectivity index (χ2v) is 5.81. The summed E-state index contributed by atoms with van der Waals surface area (Å²) >= 11 is 0. The summed E-state index contributed by atoms with van der Waals surface area (Å²) in [6.07, 6.45) is 0. The highest BCUT2D eigenvalue weighted by molar-refractivity contribution is 5.93. The number of hydrogen-bond donors (Lipinski definition) is 1. The Hall–Kier alpha value is -3.03. The second kappa shape index (κ2) is 5.55. The van der Waals surface area contributed by atoms with Crippen molar-refractivity contribution < 1.29 is 4.79 Å². The molecule has 1 N–H and O–H groups in total. The largest absolute Gasteiger partial charge is 0.325 e. The lowest BCUT2D eigenvalue weighted by Crippen LogP contribution is -2.41. The molecule has 2 aromatic heterocycles. The minimum absolute atomic E-state index is 0.135. The van der Waals surface area contributed by atoms with Gasteiger partial charge in [-0.3, -0.25) is 4.79 Å². The predicted molar refractivity (Wildman–Crippen MR) is 86.0 cm³/mol. The van der Waals surface area contributed by atoms with E-state index in [1.807, 2.05) is 41.9 Å². The van der Waals surface area contributed by atoms with Crippen LogP contribution in [0.15, 0.2) is 30.3 Å². The fourth-order valence-corrected chi connectivity index (χ4v) is 2.97. The van der Waals surface area contributed by atoms with E-state index >= 15 is 0 Å². The van der Waals surface area contributed by atoms with Gasteiger partial charge in [-0.25, -0.2) is 9.67 Å². The van der Waals surface area contributed by atoms with Crippen LogP contribution in [0.5, 0.6) is 0 Å². The molecule has 0 bridgehead atoms. The van der Waals surface area contributed by atoms with Gasteiger partial charge in [0.1, 0.15) is 5.82 Å². The number of carbonyl (C=O) groups excluding carboxylic acids is 1. The molecule has 0 fully saturated rings. The number of rotatable bonds is 2. The van der Waals surface area contributed by atoms with Crippen LogP contribution in [0.2, 0.25) is 0 Å². The van der Waals surface area contributed by atoms with Gasteiger partial charge in [0.05, 0.1) is 18.3 Å². The van der Waals surface area contributed by atoms with Crippen molar-refractivity contribution in [2.75, 3.05) is 6.54 Å². The fraction of sp³-hybridized carbons (Fsp3) is 0.312. The number of fused-ring (bicyclic) bond motifs is 1. The summed E-state index contributed by atoms with van der Waals surface area (Å²) in [4.78, 5) is 19.1. The van der Waals surface area contributed by atoms with Crippen molar-refractivity contribution in [1.29, 1.82) is 0 Å². The number of H-pyrrole nitrogens is 1. The van der Waals surface area contributed by atoms with Gasteiger partial charge in [0, 0.05) is 12.1 Å². The lowest BCUT2D eigenvalue weighted by Gasteiger charge is -2.32. The zero-order valence-electron chi connectivity index (χ0n) is 13.5. The van der Waals surface area contributed by atoms with Crippen molar-refractivity contribution in [2.24, 2.45) is 0 Å². The number of carbonyl (C=O) groups is 1. The van der Waals surface area contributed by atoms with Crippen molar-refractivity contribution >= 4 is 5.91 Å². The smallest absolute Gasteiger partial charge is 0.276 e. The van der Waals surface area contributed by atoms with Gasteiger partial charge < -0.3 is 4.90 Å². The average molecular weight is 323 g/mol. The van der Waals surface area contributed by atoms with Crippen LogP contribution in [-0.4, -0.2) is 47.5 Å². The molecule has 8 heteroatoms. The van der Waals surface area contributed by atoms with E-state index in [1.54, 1.807) is 11.8 Å². The van der Waals surface area contributed by atoms with Gasteiger partial charge in [-0.2, -0.15) is 20.5 Å². The van der Waals surface area contributed by atoms with Crippen molar-refractivity contribution in [1.82, 2.24) is 35.1 Å². The van der Waals surface area contributed by atoms with E-state index in [9.17, 15) is 4.79 Å². The molecule has 0 spiro atoms. The van der Waals surface area contributed by atoms with Gasteiger partial charge in [-0.15, -0.1) is 0 Å². The van der Waals surface area contributed by atoms with Gasteiger partial charge in [0.25, 0.3) is 5.91 Å². The third kappa shape index (κ3) is 2.27. The third-order valence-electron chi connectivity index (χ3n) is 4.31. The molecule has 1 aromatic carbocycles. The number of aryl methyl sites for hydroxylation is 1. The third-order valence-corrected chi connectivity index (χ3v) is 4.31. The van der Waals surface area contributed by atoms with Crippen LogP contribution in [0, 0.1) is 6.92 Å². The molecule has 1 aliphatic rings. The Morgan fingerprint density at radius 2 is 2.00 bits per heavy atom. The summed E-state index contributed by atoms with van der Waals surface area (Å²) in [5.41, 5.74) is 1.93. The topological polar surface area (TPSA) is 92.6 Å². The van der Waals surface area contributed by atoms with E-state index in [0.29, 0.717) is 30.3 Å². The van der Waals surface area contributed by atoms with Crippen LogP contribution in [0.1, 0.15) is 35.0 Å². The van der Waals surface area contributed by atoms with Gasteiger partial charge in [0.2, 0.25) is 0 Å². The van der Waals surface area contributed by atoms with Gasteiger partial charge in [-0.05, 0) is 13.8 Å². The molecule has 4 rings (SSSR count). The number of benzene rings is 1. The molecule has 1 atom stereocenters. The first-order valence-corrected chi connectivity index (χ1v) is 7.83. The zero-order chi connectivity index (χ0) is 16.7. The summed E-state index contributed by atoms with van der Waals surface area (Å²) < 4.78 is 1.88. The molecule has 3 heterocycles. The van der Waals surface area contributed by atoms with Crippen LogP contribution in [0.3, 0.4) is 0 Å². The monoisotopic (exact) mass is 323 g/mol. The Labute approximate surface area is 138 Å². The maximum Gasteiger partial charge on any atom is 0.276 e. The molecule has 1 amide bonds. The standard InChI is InChI=1S/C16H17N7O/c1-10-13(19-21-18-10)16(24)22-8-9-23-15(11(22)2)17-14(20-23)12-6-4-3-5-7-12/h3-7,11H,8-9H2,1-2H3,(H,18,19,21)/t11-/m0/s1. The number of aromatic nitrogens is 6. The van der Waals surface area contributed by atoms with Gasteiger partial charge in [0.15, 0.2) is 11.5 Å². The Balaban J connectivity index is 1.65. The van der Waals surface area contributed by atoms with E-state index in [0.717, 1.165) is 11.4 Å². The zero-order valence-corrected chi connectivity index (χ0v) is 13.5. The van der Waals surface area contributed by atoms with Crippen molar-refractivity contribution in [2.45, 2.75) is 26.4 Å². The molecular formula is C16H17N7O. The molecule has 122 valence electrons. The summed E-state index contributed by atoms with van der Waals surface area (Å²) in [7, 11) is 0. The van der Waals surface area contributed by atoms with Crippen LogP contribution in [0.4, 0.5) is 0 Å². The number of nitrogens with one attached hydrogen (secondary N) is 1. The minimum Gasteiger partial charge on any atom is -0.325 e. The van der Waals surface area contributed by atoms with Crippen molar-refractivity contribution in [3.05, 3.63) is 47.5 Å². The Kier molecular flexibility index (Phi) is 3.37. The normalized spacial score (nSPS) is 16.9. The second-order valence-electron chi connectivity index (χ2n) is 5.81. The molecular weight excluding hydrogens is 306 g/mol. The first-order valence-electron chi connectivity index (χ1n) is 7.83. The Bertz CT molecular complexity index is 883. The van der Waals surface area contributed by atoms with Crippen molar-refractivity contribution in [3.63, 3.8) is 0 Å². The Morgan fingerprint density at radius 1 is 1.21 bits per heavy atom. The Morgan fingerprint density at radius 3 is 2.71 bits per heavy atom. The average Bonchev–Trinajstić information content (AvgIpc) is 3.22. The molecule has 0 saturated carbocycles. The molecule has 0 saturated heterocycles. The first kappa shape index (κ1) is 14.6. The van der Waals surface area contributed by atoms with E-state index in [-0.39, 0.29) is 11.9 Å². The molecule has 1 aliphatic heterocycles. The molecule has 24 heavy (non-hydrogen) atoms. The quantitative estimate of drug-likeness (QED) is 0.773. The van der Waals surface area contributed by atoms with E-state index < -0.39 is 0 Å². The highest BCUT2D eigenvalue weighted by Crippen LogP contribution is 2.27. The van der Waals surface area contributed by atoms with E-state index in [1.165, 1.54) is 0 Å². The first-order chi connectivity index (χ1) is 11.6. The number of amides is 1. The van der Waals surface area contributed by atoms with Crippen LogP contribution in [-0.2, 0) is 6.54 Å². The maximum absolute atomic E-state index is 12.7. The maximum atomic E-state index is 12.7. The molecule has 0 radical (unpaired) electrons. The lowest BCUT2D eigenvalue weighted by atomic mass is 10.2. The van der Waals surface area contributed by atoms with E-state index in [4.69, 9.17) is 0 Å². The summed E-state index contributed by atoms with van der Waals surface area (Å²) in [6.45, 7) is 4.90. The van der Waals surface area contributed by atoms with Gasteiger partial charge >= 0.3 is 0 Å². The number of hydrogen-bond acceptors (Lipinski definition) is 5. The number of nitrogens with zero attached hydrogens (tertiary/aromatic N) is 6. The highest BCUT2D eigenvalue weighted by atomic mass is 16.2. The van der Waals surface area contributed by atoms with E-state index in [2.05, 4.69) is 25.5 Å². The van der Waals surface area contributed by atoms with Crippen LogP contribution in [0.25, 0.3) is 11.4 Å². The summed E-state index contributed by atoms with van der Waals surface area (Å²) in [6, 6.07) is 9.67. The van der Waals surface area contributed by atoms with Crippen LogP contribution < -0.4 is 0 Å².